The van der Waals surface area contributed by atoms with Crippen LogP contribution in [0.1, 0.15) is 28.4 Å². The van der Waals surface area contributed by atoms with Gasteiger partial charge in [-0.3, -0.25) is 4.79 Å². The van der Waals surface area contributed by atoms with Gasteiger partial charge in [0.05, 0.1) is 27.3 Å². The number of nitriles is 1. The molecule has 0 fully saturated rings. The van der Waals surface area contributed by atoms with Crippen LogP contribution in [0.3, 0.4) is 0 Å². The number of aromatic nitrogens is 2. The minimum absolute atomic E-state index is 0.0317. The molecule has 0 saturated carbocycles. The second-order valence-corrected chi connectivity index (χ2v) is 10.4. The number of fused-ring (bicyclic) bond motifs is 1. The van der Waals surface area contributed by atoms with Gasteiger partial charge in [-0.2, -0.15) is 5.26 Å². The summed E-state index contributed by atoms with van der Waals surface area (Å²) in [5.41, 5.74) is -1.42. The number of anilines is 1. The van der Waals surface area contributed by atoms with Gasteiger partial charge in [-0.1, -0.05) is 25.1 Å². The lowest BCUT2D eigenvalue weighted by molar-refractivity contribution is 0.103. The number of carbonyl (C=O) groups excluding carboxylic acids is 1. The predicted octanol–water partition coefficient (Wildman–Crippen LogP) is 4.58. The number of rotatable bonds is 8. The van der Waals surface area contributed by atoms with Crippen molar-refractivity contribution >= 4 is 44.7 Å². The zero-order chi connectivity index (χ0) is 26.0. The summed E-state index contributed by atoms with van der Waals surface area (Å²) >= 11 is 1.06. The summed E-state index contributed by atoms with van der Waals surface area (Å²) in [7, 11) is -2.46. The molecule has 12 heteroatoms. The van der Waals surface area contributed by atoms with E-state index in [0.29, 0.717) is 6.54 Å². The summed E-state index contributed by atoms with van der Waals surface area (Å²) in [6.07, 6.45) is 2.13. The average molecular weight is 528 g/mol. The van der Waals surface area contributed by atoms with E-state index in [1.807, 2.05) is 13.0 Å². The largest absolute Gasteiger partial charge is 0.314 e. The van der Waals surface area contributed by atoms with Gasteiger partial charge in [0.1, 0.15) is 11.9 Å². The van der Waals surface area contributed by atoms with Gasteiger partial charge < -0.3 is 4.72 Å². The summed E-state index contributed by atoms with van der Waals surface area (Å²) in [6, 6.07) is 12.7. The van der Waals surface area contributed by atoms with E-state index in [9.17, 15) is 22.9 Å². The van der Waals surface area contributed by atoms with Crippen molar-refractivity contribution in [3.63, 3.8) is 0 Å². The highest BCUT2D eigenvalue weighted by atomic mass is 32.2. The lowest BCUT2D eigenvalue weighted by Crippen LogP contribution is -2.14. The second kappa shape index (κ2) is 10.1. The van der Waals surface area contributed by atoms with E-state index >= 15 is 4.39 Å². The summed E-state index contributed by atoms with van der Waals surface area (Å²) in [6.45, 7) is 2.52. The summed E-state index contributed by atoms with van der Waals surface area (Å²) in [4.78, 5) is 17.5. The maximum absolute atomic E-state index is 15.3. The maximum Gasteiger partial charge on any atom is 0.269 e. The number of pyridine rings is 1. The summed E-state index contributed by atoms with van der Waals surface area (Å²) in [5, 5.41) is 9.27. The molecule has 8 nitrogen and oxygen atoms in total. The van der Waals surface area contributed by atoms with Gasteiger partial charge in [0.15, 0.2) is 11.5 Å². The zero-order valence-corrected chi connectivity index (χ0v) is 20.7. The van der Waals surface area contributed by atoms with Crippen LogP contribution in [-0.4, -0.2) is 41.1 Å². The molecule has 2 heterocycles. The van der Waals surface area contributed by atoms with E-state index in [0.717, 1.165) is 40.6 Å². The monoisotopic (exact) mass is 527 g/mol. The van der Waals surface area contributed by atoms with Crippen LogP contribution in [0.2, 0.25) is 0 Å². The van der Waals surface area contributed by atoms with Crippen LogP contribution >= 0.6 is 12.1 Å². The Balaban J connectivity index is 1.90. The quantitative estimate of drug-likeness (QED) is 0.262. The van der Waals surface area contributed by atoms with Crippen LogP contribution in [0.5, 0.6) is 0 Å². The smallest absolute Gasteiger partial charge is 0.269 e. The number of ketones is 1. The van der Waals surface area contributed by atoms with Crippen LogP contribution in [-0.2, 0) is 10.0 Å². The molecule has 2 aromatic carbocycles. The normalized spacial score (nSPS) is 11.6. The minimum atomic E-state index is -4.22. The molecular formula is C24H19F2N5O3S2. The fraction of sp³-hybridized carbons (Fsp3) is 0.125. The molecule has 0 radical (unpaired) electrons. The van der Waals surface area contributed by atoms with Crippen molar-refractivity contribution in [1.82, 2.24) is 13.3 Å². The first-order valence-electron chi connectivity index (χ1n) is 10.6. The molecule has 0 aliphatic rings. The van der Waals surface area contributed by atoms with Crippen LogP contribution in [0.15, 0.2) is 65.8 Å². The van der Waals surface area contributed by atoms with Gasteiger partial charge in [0.25, 0.3) is 10.0 Å². The number of nitrogens with one attached hydrogen (secondary N) is 1. The summed E-state index contributed by atoms with van der Waals surface area (Å²) < 4.78 is 62.0. The molecular weight excluding hydrogens is 508 g/mol. The number of benzene rings is 2. The molecule has 0 amide bonds. The molecule has 1 N–H and O–H groups in total. The second-order valence-electron chi connectivity index (χ2n) is 7.61. The first kappa shape index (κ1) is 25.3. The molecule has 0 saturated heterocycles. The Morgan fingerprint density at radius 2 is 1.94 bits per heavy atom. The highest BCUT2D eigenvalue weighted by molar-refractivity contribution is 7.98. The first-order chi connectivity index (χ1) is 17.2. The molecule has 36 heavy (non-hydrogen) atoms. The molecule has 0 atom stereocenters. The average Bonchev–Trinajstić information content (AvgIpc) is 3.28. The number of hydrogen-bond acceptors (Lipinski definition) is 8. The first-order valence-corrected chi connectivity index (χ1v) is 12.8. The fourth-order valence-corrected chi connectivity index (χ4v) is 5.26. The topological polar surface area (TPSA) is 108 Å². The van der Waals surface area contributed by atoms with Crippen molar-refractivity contribution in [2.75, 3.05) is 18.3 Å². The number of halogens is 2. The van der Waals surface area contributed by atoms with E-state index in [1.165, 1.54) is 30.3 Å². The van der Waals surface area contributed by atoms with Crippen molar-refractivity contribution in [3.05, 3.63) is 89.2 Å². The maximum atomic E-state index is 15.3. The van der Waals surface area contributed by atoms with Crippen molar-refractivity contribution in [1.29, 1.82) is 5.26 Å². The highest BCUT2D eigenvalue weighted by Crippen LogP contribution is 2.31. The van der Waals surface area contributed by atoms with Gasteiger partial charge in [0, 0.05) is 36.5 Å². The van der Waals surface area contributed by atoms with E-state index < -0.39 is 33.0 Å². The number of hydrogen-bond donors (Lipinski definition) is 1. The van der Waals surface area contributed by atoms with Gasteiger partial charge >= 0.3 is 0 Å². The van der Waals surface area contributed by atoms with Crippen molar-refractivity contribution < 1.29 is 22.0 Å². The van der Waals surface area contributed by atoms with Gasteiger partial charge in [-0.05, 0) is 37.4 Å². The molecule has 0 aliphatic carbocycles. The van der Waals surface area contributed by atoms with Gasteiger partial charge in [-0.15, -0.1) is 0 Å². The Bertz CT molecular complexity index is 1620. The Labute approximate surface area is 210 Å². The fourth-order valence-electron chi connectivity index (χ4n) is 3.38. The van der Waals surface area contributed by atoms with Gasteiger partial charge in [-0.25, -0.2) is 30.5 Å². The van der Waals surface area contributed by atoms with E-state index in [-0.39, 0.29) is 32.7 Å². The Morgan fingerprint density at radius 3 is 2.61 bits per heavy atom. The van der Waals surface area contributed by atoms with E-state index in [4.69, 9.17) is 0 Å². The molecule has 4 aromatic rings. The van der Waals surface area contributed by atoms with Crippen LogP contribution in [0.4, 0.5) is 14.5 Å². The Kier molecular flexibility index (Phi) is 7.07. The van der Waals surface area contributed by atoms with Crippen LogP contribution < -0.4 is 4.72 Å². The van der Waals surface area contributed by atoms with Crippen molar-refractivity contribution in [3.8, 4) is 6.07 Å². The third kappa shape index (κ3) is 4.56. The molecule has 0 unspecified atom stereocenters. The molecule has 0 bridgehead atoms. The molecule has 184 valence electrons. The van der Waals surface area contributed by atoms with Crippen LogP contribution in [0.25, 0.3) is 11.0 Å². The SMILES string of the molecule is CCN(C)SNc1ccc(F)c(C(=O)c2cn(S(=O)(=O)c3ccccc3)c3ncc(C#N)cc23)c1F. The van der Waals surface area contributed by atoms with E-state index in [2.05, 4.69) is 9.71 Å². The van der Waals surface area contributed by atoms with Gasteiger partial charge in [0.2, 0.25) is 5.78 Å². The van der Waals surface area contributed by atoms with Crippen LogP contribution in [0, 0.1) is 23.0 Å². The molecule has 0 spiro atoms. The third-order valence-corrected chi connectivity index (χ3v) is 7.91. The number of carbonyl (C=O) groups is 1. The summed E-state index contributed by atoms with van der Waals surface area (Å²) in [5.74, 6) is -3.34. The highest BCUT2D eigenvalue weighted by Gasteiger charge is 2.29. The Morgan fingerprint density at radius 1 is 1.22 bits per heavy atom. The molecule has 2 aromatic heterocycles. The van der Waals surface area contributed by atoms with Crippen molar-refractivity contribution in [2.24, 2.45) is 0 Å². The van der Waals surface area contributed by atoms with Crippen molar-refractivity contribution in [2.45, 2.75) is 11.8 Å². The Hall–Kier alpha value is -3.79. The number of nitrogens with zero attached hydrogens (tertiary/aromatic N) is 4. The minimum Gasteiger partial charge on any atom is -0.314 e. The third-order valence-electron chi connectivity index (χ3n) is 5.36. The lowest BCUT2D eigenvalue weighted by atomic mass is 10.0. The zero-order valence-electron chi connectivity index (χ0n) is 19.1. The predicted molar refractivity (Wildman–Crippen MR) is 133 cm³/mol. The molecule has 4 rings (SSSR count). The molecule has 0 aliphatic heterocycles. The van der Waals surface area contributed by atoms with E-state index in [1.54, 1.807) is 17.4 Å². The standard InChI is InChI=1S/C24H19F2N5O3S2/c1-3-30(2)35-29-20-10-9-19(25)21(22(20)26)23(32)18-14-31(24-17(18)11-15(12-27)13-28-24)36(33,34)16-7-5-4-6-8-16/h4-11,13-14,29H,3H2,1-2H3. The lowest BCUT2D eigenvalue weighted by Gasteiger charge is -2.15.